The first kappa shape index (κ1) is 21.7. The van der Waals surface area contributed by atoms with Gasteiger partial charge in [0.05, 0.1) is 10.0 Å². The second-order valence-corrected chi connectivity index (χ2v) is 6.37. The van der Waals surface area contributed by atoms with Crippen LogP contribution in [0.5, 0.6) is 5.75 Å². The van der Waals surface area contributed by atoms with Crippen molar-refractivity contribution in [3.05, 3.63) is 38.8 Å². The van der Waals surface area contributed by atoms with Gasteiger partial charge in [-0.15, -0.1) is 5.92 Å². The van der Waals surface area contributed by atoms with Crippen molar-refractivity contribution in [2.45, 2.75) is 19.4 Å². The molecule has 0 fully saturated rings. The Morgan fingerprint density at radius 3 is 2.30 bits per heavy atom. The van der Waals surface area contributed by atoms with Crippen molar-refractivity contribution in [2.75, 3.05) is 7.11 Å². The first-order valence-electron chi connectivity index (χ1n) is 7.24. The summed E-state index contributed by atoms with van der Waals surface area (Å²) in [6, 6.07) is 1.97. The number of benzene rings is 1. The van der Waals surface area contributed by atoms with E-state index in [4.69, 9.17) is 44.3 Å². The van der Waals surface area contributed by atoms with Crippen LogP contribution in [-0.4, -0.2) is 18.0 Å². The maximum atomic E-state index is 14.5. The van der Waals surface area contributed by atoms with Gasteiger partial charge in [0.15, 0.2) is 0 Å². The van der Waals surface area contributed by atoms with Gasteiger partial charge in [-0.05, 0) is 25.0 Å². The Bertz CT molecular complexity index is 929. The minimum Gasteiger partial charge on any atom is -0.452 e. The standard InChI is InChI=1S/C17H12Cl3F4NO2/c1-4-5-12(26-3)27-11-6-8(10(21)7-9(11)18)13-14(19)15(17(22,23)24)25(2)16(13)20/h6-7,12H,1-3H3. The van der Waals surface area contributed by atoms with Crippen LogP contribution in [0.3, 0.4) is 0 Å². The van der Waals surface area contributed by atoms with Crippen LogP contribution in [-0.2, 0) is 18.0 Å². The van der Waals surface area contributed by atoms with E-state index in [1.807, 2.05) is 0 Å². The smallest absolute Gasteiger partial charge is 0.432 e. The summed E-state index contributed by atoms with van der Waals surface area (Å²) < 4.78 is 65.2. The number of rotatable bonds is 4. The third-order valence-corrected chi connectivity index (χ3v) is 4.64. The minimum absolute atomic E-state index is 0.0628. The predicted molar refractivity (Wildman–Crippen MR) is 95.7 cm³/mol. The Morgan fingerprint density at radius 1 is 1.19 bits per heavy atom. The summed E-state index contributed by atoms with van der Waals surface area (Å²) in [6.07, 6.45) is -5.80. The summed E-state index contributed by atoms with van der Waals surface area (Å²) in [5.74, 6) is 4.17. The minimum atomic E-state index is -4.78. The Hall–Kier alpha value is -1.59. The van der Waals surface area contributed by atoms with E-state index in [0.717, 1.165) is 19.2 Å². The average molecular weight is 445 g/mol. The van der Waals surface area contributed by atoms with E-state index < -0.39 is 34.2 Å². The predicted octanol–water partition coefficient (Wildman–Crippen LogP) is 6.18. The molecule has 146 valence electrons. The normalized spacial score (nSPS) is 12.5. The molecule has 0 radical (unpaired) electrons. The largest absolute Gasteiger partial charge is 0.452 e. The van der Waals surface area contributed by atoms with Gasteiger partial charge < -0.3 is 14.0 Å². The molecule has 0 N–H and O–H groups in total. The van der Waals surface area contributed by atoms with E-state index in [0.29, 0.717) is 4.57 Å². The fourth-order valence-corrected chi connectivity index (χ4v) is 3.30. The van der Waals surface area contributed by atoms with Gasteiger partial charge in [0.2, 0.25) is 0 Å². The molecule has 0 saturated heterocycles. The molecule has 1 atom stereocenters. The van der Waals surface area contributed by atoms with Gasteiger partial charge in [-0.3, -0.25) is 0 Å². The summed E-state index contributed by atoms with van der Waals surface area (Å²) in [4.78, 5) is 0. The van der Waals surface area contributed by atoms with E-state index >= 15 is 0 Å². The van der Waals surface area contributed by atoms with Crippen molar-refractivity contribution in [3.8, 4) is 28.7 Å². The zero-order chi connectivity index (χ0) is 20.5. The van der Waals surface area contributed by atoms with Crippen LogP contribution in [0.15, 0.2) is 12.1 Å². The first-order chi connectivity index (χ1) is 12.5. The van der Waals surface area contributed by atoms with Crippen molar-refractivity contribution < 1.29 is 27.0 Å². The second kappa shape index (κ2) is 8.19. The molecule has 1 aromatic carbocycles. The highest BCUT2D eigenvalue weighted by molar-refractivity contribution is 6.40. The number of nitrogens with zero attached hydrogens (tertiary/aromatic N) is 1. The molecule has 2 rings (SSSR count). The van der Waals surface area contributed by atoms with Gasteiger partial charge in [-0.1, -0.05) is 34.8 Å². The summed E-state index contributed by atoms with van der Waals surface area (Å²) in [5.41, 5.74) is -1.84. The molecule has 0 aliphatic heterocycles. The molecule has 27 heavy (non-hydrogen) atoms. The lowest BCUT2D eigenvalue weighted by Gasteiger charge is -2.15. The Kier molecular flexibility index (Phi) is 6.59. The molecular weight excluding hydrogens is 433 g/mol. The topological polar surface area (TPSA) is 23.4 Å². The number of hydrogen-bond donors (Lipinski definition) is 0. The Labute approximate surface area is 167 Å². The number of hydrogen-bond acceptors (Lipinski definition) is 2. The van der Waals surface area contributed by atoms with E-state index in [1.165, 1.54) is 7.11 Å². The van der Waals surface area contributed by atoms with Crippen LogP contribution in [0, 0.1) is 17.7 Å². The van der Waals surface area contributed by atoms with Crippen molar-refractivity contribution in [3.63, 3.8) is 0 Å². The lowest BCUT2D eigenvalue weighted by molar-refractivity contribution is -0.142. The van der Waals surface area contributed by atoms with Gasteiger partial charge in [0, 0.05) is 25.3 Å². The average Bonchev–Trinajstić information content (AvgIpc) is 2.79. The lowest BCUT2D eigenvalue weighted by Crippen LogP contribution is -2.16. The maximum absolute atomic E-state index is 14.5. The fourth-order valence-electron chi connectivity index (χ4n) is 2.35. The molecule has 1 aromatic heterocycles. The first-order valence-corrected chi connectivity index (χ1v) is 8.38. The third kappa shape index (κ3) is 4.30. The number of aromatic nitrogens is 1. The zero-order valence-corrected chi connectivity index (χ0v) is 16.4. The van der Waals surface area contributed by atoms with E-state index in [1.54, 1.807) is 6.92 Å². The van der Waals surface area contributed by atoms with E-state index in [-0.39, 0.29) is 21.9 Å². The Balaban J connectivity index is 2.67. The maximum Gasteiger partial charge on any atom is 0.432 e. The molecular formula is C17H12Cl3F4NO2. The zero-order valence-electron chi connectivity index (χ0n) is 14.1. The molecule has 0 bridgehead atoms. The molecule has 1 unspecified atom stereocenters. The molecule has 0 aliphatic rings. The van der Waals surface area contributed by atoms with Crippen molar-refractivity contribution >= 4 is 34.8 Å². The van der Waals surface area contributed by atoms with Crippen molar-refractivity contribution in [2.24, 2.45) is 7.05 Å². The van der Waals surface area contributed by atoms with Gasteiger partial charge in [0.1, 0.15) is 22.4 Å². The molecule has 0 aliphatic carbocycles. The van der Waals surface area contributed by atoms with Crippen molar-refractivity contribution in [1.82, 2.24) is 4.57 Å². The summed E-state index contributed by atoms with van der Waals surface area (Å²) in [7, 11) is 2.40. The molecule has 0 saturated carbocycles. The number of halogens is 7. The van der Waals surface area contributed by atoms with Crippen LogP contribution in [0.4, 0.5) is 17.6 Å². The lowest BCUT2D eigenvalue weighted by atomic mass is 10.1. The highest BCUT2D eigenvalue weighted by atomic mass is 35.5. The van der Waals surface area contributed by atoms with E-state index in [9.17, 15) is 17.6 Å². The van der Waals surface area contributed by atoms with Crippen LogP contribution >= 0.6 is 34.8 Å². The molecule has 3 nitrogen and oxygen atoms in total. The number of ether oxygens (including phenoxy) is 2. The molecule has 10 heteroatoms. The van der Waals surface area contributed by atoms with Crippen LogP contribution < -0.4 is 4.74 Å². The van der Waals surface area contributed by atoms with Gasteiger partial charge in [0.25, 0.3) is 6.29 Å². The SMILES string of the molecule is CC#CC(OC)Oc1cc(-c2c(Cl)c(C(F)(F)F)n(C)c2Cl)c(F)cc1Cl. The van der Waals surface area contributed by atoms with Crippen LogP contribution in [0.1, 0.15) is 12.6 Å². The van der Waals surface area contributed by atoms with Crippen LogP contribution in [0.2, 0.25) is 15.2 Å². The fraction of sp³-hybridized carbons (Fsp3) is 0.294. The summed E-state index contributed by atoms with van der Waals surface area (Å²) in [5, 5.41) is -1.26. The van der Waals surface area contributed by atoms with Gasteiger partial charge in [-0.25, -0.2) is 4.39 Å². The highest BCUT2D eigenvalue weighted by Crippen LogP contribution is 2.47. The third-order valence-electron chi connectivity index (χ3n) is 3.53. The number of alkyl halides is 3. The van der Waals surface area contributed by atoms with Gasteiger partial charge >= 0.3 is 6.18 Å². The Morgan fingerprint density at radius 2 is 1.81 bits per heavy atom. The molecule has 0 amide bonds. The molecule has 0 spiro atoms. The molecule has 2 aromatic rings. The quantitative estimate of drug-likeness (QED) is 0.319. The summed E-state index contributed by atoms with van der Waals surface area (Å²) in [6.45, 7) is 1.55. The highest BCUT2D eigenvalue weighted by Gasteiger charge is 2.40. The van der Waals surface area contributed by atoms with Gasteiger partial charge in [-0.2, -0.15) is 13.2 Å². The van der Waals surface area contributed by atoms with Crippen molar-refractivity contribution in [1.29, 1.82) is 0 Å². The monoisotopic (exact) mass is 443 g/mol. The second-order valence-electron chi connectivity index (χ2n) is 5.23. The van der Waals surface area contributed by atoms with E-state index in [2.05, 4.69) is 11.8 Å². The van der Waals surface area contributed by atoms with Crippen LogP contribution in [0.25, 0.3) is 11.1 Å². The number of methoxy groups -OCH3 is 1. The molecule has 1 heterocycles. The summed E-state index contributed by atoms with van der Waals surface area (Å²) >= 11 is 17.8.